The van der Waals surface area contributed by atoms with Gasteiger partial charge >= 0.3 is 5.97 Å². The lowest BCUT2D eigenvalue weighted by Gasteiger charge is -2.40. The first-order valence-electron chi connectivity index (χ1n) is 13.1. The van der Waals surface area contributed by atoms with Crippen LogP contribution in [-0.2, 0) is 14.3 Å². The fourth-order valence-corrected chi connectivity index (χ4v) is 5.04. The summed E-state index contributed by atoms with van der Waals surface area (Å²) in [5.74, 6) is -1.28. The number of benzene rings is 3. The van der Waals surface area contributed by atoms with Gasteiger partial charge < -0.3 is 14.4 Å². The predicted octanol–water partition coefficient (Wildman–Crippen LogP) is 4.34. The van der Waals surface area contributed by atoms with Crippen molar-refractivity contribution in [2.45, 2.75) is 12.0 Å². The number of ether oxygens (including phenoxy) is 2. The number of para-hydroxylation sites is 2. The van der Waals surface area contributed by atoms with Crippen LogP contribution in [0.25, 0.3) is 11.0 Å². The molecule has 2 heterocycles. The van der Waals surface area contributed by atoms with Crippen molar-refractivity contribution in [3.05, 3.63) is 102 Å². The highest BCUT2D eigenvalue weighted by molar-refractivity contribution is 5.85. The molecule has 0 aliphatic carbocycles. The highest BCUT2D eigenvalue weighted by Crippen LogP contribution is 2.32. The van der Waals surface area contributed by atoms with Gasteiger partial charge in [0.1, 0.15) is 12.3 Å². The molecule has 198 valence electrons. The Morgan fingerprint density at radius 2 is 1.41 bits per heavy atom. The van der Waals surface area contributed by atoms with Gasteiger partial charge in [0.15, 0.2) is 11.7 Å². The van der Waals surface area contributed by atoms with Crippen LogP contribution >= 0.6 is 0 Å². The summed E-state index contributed by atoms with van der Waals surface area (Å²) in [6, 6.07) is 30.8. The molecule has 1 aliphatic rings. The van der Waals surface area contributed by atoms with Gasteiger partial charge in [0.25, 0.3) is 0 Å². The lowest BCUT2D eigenvalue weighted by atomic mass is 9.96. The number of aromatic nitrogens is 2. The SMILES string of the molecule is COCCOC(=O)[C@H](C#N)c1nc2ccccc2nc1N1CCN(C(c2ccccc2)c2ccccc2)CC1. The molecule has 0 bridgehead atoms. The average molecular weight is 522 g/mol. The van der Waals surface area contributed by atoms with Crippen molar-refractivity contribution in [3.8, 4) is 6.07 Å². The monoisotopic (exact) mass is 521 g/mol. The van der Waals surface area contributed by atoms with E-state index in [1.807, 2.05) is 36.4 Å². The molecule has 0 unspecified atom stereocenters. The van der Waals surface area contributed by atoms with Crippen LogP contribution in [-0.4, -0.2) is 67.3 Å². The Kier molecular flexibility index (Phi) is 8.42. The van der Waals surface area contributed by atoms with Crippen LogP contribution in [0.4, 0.5) is 5.82 Å². The molecule has 0 radical (unpaired) electrons. The highest BCUT2D eigenvalue weighted by Gasteiger charge is 2.33. The Morgan fingerprint density at radius 1 is 0.846 bits per heavy atom. The summed E-state index contributed by atoms with van der Waals surface area (Å²) in [5, 5.41) is 9.99. The molecule has 3 aromatic carbocycles. The molecule has 8 heteroatoms. The van der Waals surface area contributed by atoms with Gasteiger partial charge in [-0.05, 0) is 23.3 Å². The van der Waals surface area contributed by atoms with Gasteiger partial charge in [-0.25, -0.2) is 9.97 Å². The van der Waals surface area contributed by atoms with Crippen molar-refractivity contribution in [1.29, 1.82) is 5.26 Å². The van der Waals surface area contributed by atoms with Gasteiger partial charge in [-0.3, -0.25) is 9.69 Å². The lowest BCUT2D eigenvalue weighted by Crippen LogP contribution is -2.48. The first-order valence-corrected chi connectivity index (χ1v) is 13.1. The number of esters is 1. The molecule has 1 aromatic heterocycles. The van der Waals surface area contributed by atoms with E-state index in [1.165, 1.54) is 18.2 Å². The maximum Gasteiger partial charge on any atom is 0.329 e. The Hall–Kier alpha value is -4.32. The normalized spacial score (nSPS) is 14.7. The topological polar surface area (TPSA) is 91.6 Å². The van der Waals surface area contributed by atoms with E-state index in [0.717, 1.165) is 18.6 Å². The number of fused-ring (bicyclic) bond motifs is 1. The first kappa shape index (κ1) is 26.3. The van der Waals surface area contributed by atoms with Crippen molar-refractivity contribution >= 4 is 22.8 Å². The second-order valence-corrected chi connectivity index (χ2v) is 9.39. The fourth-order valence-electron chi connectivity index (χ4n) is 5.04. The van der Waals surface area contributed by atoms with Crippen molar-refractivity contribution in [2.75, 3.05) is 51.4 Å². The zero-order valence-electron chi connectivity index (χ0n) is 21.9. The Bertz CT molecular complexity index is 1390. The zero-order valence-corrected chi connectivity index (χ0v) is 21.9. The Morgan fingerprint density at radius 3 is 1.97 bits per heavy atom. The quantitative estimate of drug-likeness (QED) is 0.237. The number of anilines is 1. The molecule has 39 heavy (non-hydrogen) atoms. The predicted molar refractivity (Wildman–Crippen MR) is 149 cm³/mol. The Labute approximate surface area is 228 Å². The number of carbonyl (C=O) groups is 1. The number of methoxy groups -OCH3 is 1. The van der Waals surface area contributed by atoms with E-state index >= 15 is 0 Å². The van der Waals surface area contributed by atoms with Gasteiger partial charge in [-0.15, -0.1) is 0 Å². The van der Waals surface area contributed by atoms with Crippen LogP contribution in [0.3, 0.4) is 0 Å². The molecule has 1 saturated heterocycles. The smallest absolute Gasteiger partial charge is 0.329 e. The maximum absolute atomic E-state index is 12.9. The minimum atomic E-state index is -1.19. The summed E-state index contributed by atoms with van der Waals surface area (Å²) in [6.07, 6.45) is 0. The summed E-state index contributed by atoms with van der Waals surface area (Å²) < 4.78 is 10.3. The zero-order chi connectivity index (χ0) is 27.0. The van der Waals surface area contributed by atoms with Gasteiger partial charge in [0.05, 0.1) is 29.8 Å². The van der Waals surface area contributed by atoms with Crippen LogP contribution in [0.15, 0.2) is 84.9 Å². The van der Waals surface area contributed by atoms with E-state index in [1.54, 1.807) is 0 Å². The van der Waals surface area contributed by atoms with Crippen molar-refractivity contribution < 1.29 is 14.3 Å². The van der Waals surface area contributed by atoms with Crippen LogP contribution in [0.1, 0.15) is 28.8 Å². The molecule has 0 amide bonds. The van der Waals surface area contributed by atoms with E-state index in [0.29, 0.717) is 30.1 Å². The molecule has 1 aliphatic heterocycles. The lowest BCUT2D eigenvalue weighted by molar-refractivity contribution is -0.145. The number of carbonyl (C=O) groups excluding carboxylic acids is 1. The van der Waals surface area contributed by atoms with E-state index in [-0.39, 0.29) is 19.3 Å². The molecular weight excluding hydrogens is 490 g/mol. The van der Waals surface area contributed by atoms with E-state index in [9.17, 15) is 10.1 Å². The third kappa shape index (κ3) is 5.90. The minimum absolute atomic E-state index is 0.0723. The third-order valence-electron chi connectivity index (χ3n) is 6.96. The summed E-state index contributed by atoms with van der Waals surface area (Å²) in [5.41, 5.74) is 4.16. The number of piperazine rings is 1. The van der Waals surface area contributed by atoms with Gasteiger partial charge in [-0.2, -0.15) is 5.26 Å². The minimum Gasteiger partial charge on any atom is -0.462 e. The third-order valence-corrected chi connectivity index (χ3v) is 6.96. The van der Waals surface area contributed by atoms with Gasteiger partial charge in [0, 0.05) is 33.3 Å². The van der Waals surface area contributed by atoms with E-state index < -0.39 is 11.9 Å². The number of hydrogen-bond donors (Lipinski definition) is 0. The van der Waals surface area contributed by atoms with Crippen LogP contribution < -0.4 is 4.90 Å². The molecule has 5 rings (SSSR count). The highest BCUT2D eigenvalue weighted by atomic mass is 16.6. The standard InChI is InChI=1S/C31H31N5O3/c1-38-20-21-39-31(37)25(22-32)28-30(34-27-15-9-8-14-26(27)33-28)36-18-16-35(17-19-36)29(23-10-4-2-5-11-23)24-12-6-3-7-13-24/h2-15,25,29H,16-21H2,1H3/t25-/m1/s1. The molecule has 4 aromatic rings. The van der Waals surface area contributed by atoms with E-state index in [2.05, 4.69) is 64.4 Å². The van der Waals surface area contributed by atoms with Crippen molar-refractivity contribution in [3.63, 3.8) is 0 Å². The average Bonchev–Trinajstić information content (AvgIpc) is 2.99. The molecule has 8 nitrogen and oxygen atoms in total. The van der Waals surface area contributed by atoms with E-state index in [4.69, 9.17) is 19.4 Å². The molecular formula is C31H31N5O3. The number of nitriles is 1. The summed E-state index contributed by atoms with van der Waals surface area (Å²) in [4.78, 5) is 27.1. The van der Waals surface area contributed by atoms with Crippen molar-refractivity contribution in [2.24, 2.45) is 0 Å². The van der Waals surface area contributed by atoms with Crippen LogP contribution in [0.5, 0.6) is 0 Å². The summed E-state index contributed by atoms with van der Waals surface area (Å²) in [7, 11) is 1.53. The first-order chi connectivity index (χ1) is 19.2. The maximum atomic E-state index is 12.9. The van der Waals surface area contributed by atoms with Crippen molar-refractivity contribution in [1.82, 2.24) is 14.9 Å². The number of nitrogens with zero attached hydrogens (tertiary/aromatic N) is 5. The second kappa shape index (κ2) is 12.5. The number of hydrogen-bond acceptors (Lipinski definition) is 8. The Balaban J connectivity index is 1.43. The summed E-state index contributed by atoms with van der Waals surface area (Å²) >= 11 is 0. The van der Waals surface area contributed by atoms with Crippen LogP contribution in [0.2, 0.25) is 0 Å². The molecule has 1 atom stereocenters. The molecule has 1 fully saturated rings. The molecule has 0 N–H and O–H groups in total. The van der Waals surface area contributed by atoms with Gasteiger partial charge in [-0.1, -0.05) is 72.8 Å². The fraction of sp³-hybridized carbons (Fsp3) is 0.290. The van der Waals surface area contributed by atoms with Gasteiger partial charge in [0.2, 0.25) is 0 Å². The molecule has 0 saturated carbocycles. The second-order valence-electron chi connectivity index (χ2n) is 9.39. The van der Waals surface area contributed by atoms with Crippen LogP contribution in [0, 0.1) is 11.3 Å². The molecule has 0 spiro atoms. The number of rotatable bonds is 9. The largest absolute Gasteiger partial charge is 0.462 e. The summed E-state index contributed by atoms with van der Waals surface area (Å²) in [6.45, 7) is 3.23.